The summed E-state index contributed by atoms with van der Waals surface area (Å²) in [6, 6.07) is 5.31. The predicted octanol–water partition coefficient (Wildman–Crippen LogP) is 3.48. The third-order valence-electron chi connectivity index (χ3n) is 4.80. The van der Waals surface area contributed by atoms with Crippen LogP contribution in [0.15, 0.2) is 29.8 Å². The monoisotopic (exact) mass is 358 g/mol. The summed E-state index contributed by atoms with van der Waals surface area (Å²) in [5.41, 5.74) is 2.10. The summed E-state index contributed by atoms with van der Waals surface area (Å²) in [6.45, 7) is 2.87. The molecular formula is C20H26N2O4. The maximum Gasteiger partial charge on any atom is 0.231 e. The second kappa shape index (κ2) is 8.74. The number of anilines is 1. The van der Waals surface area contributed by atoms with E-state index in [0.717, 1.165) is 19.3 Å². The van der Waals surface area contributed by atoms with Crippen molar-refractivity contribution in [2.75, 3.05) is 25.2 Å². The second-order valence-electron chi connectivity index (χ2n) is 6.73. The minimum Gasteiger partial charge on any atom is -0.454 e. The Labute approximate surface area is 154 Å². The van der Waals surface area contributed by atoms with E-state index in [0.29, 0.717) is 30.3 Å². The van der Waals surface area contributed by atoms with Gasteiger partial charge in [0.2, 0.25) is 18.6 Å². The number of amides is 2. The summed E-state index contributed by atoms with van der Waals surface area (Å²) in [5.74, 6) is 1.21. The molecule has 6 heteroatoms. The number of benzene rings is 1. The Hall–Kier alpha value is -2.50. The van der Waals surface area contributed by atoms with Gasteiger partial charge in [0.25, 0.3) is 0 Å². The van der Waals surface area contributed by atoms with Gasteiger partial charge in [0.1, 0.15) is 0 Å². The van der Waals surface area contributed by atoms with Crippen LogP contribution in [-0.2, 0) is 9.59 Å². The molecule has 2 aliphatic rings. The van der Waals surface area contributed by atoms with Crippen LogP contribution >= 0.6 is 0 Å². The van der Waals surface area contributed by atoms with Gasteiger partial charge in [-0.25, -0.2) is 0 Å². The average molecular weight is 358 g/mol. The molecule has 1 aromatic rings. The lowest BCUT2D eigenvalue weighted by atomic mass is 9.97. The smallest absolute Gasteiger partial charge is 0.231 e. The minimum atomic E-state index is -0.119. The summed E-state index contributed by atoms with van der Waals surface area (Å²) in [5, 5.41) is 2.85. The van der Waals surface area contributed by atoms with Crippen molar-refractivity contribution in [2.24, 2.45) is 0 Å². The number of fused-ring (bicyclic) bond motifs is 1. The van der Waals surface area contributed by atoms with E-state index in [1.54, 1.807) is 30.0 Å². The SMILES string of the molecule is CC(=O)N(CCC(=O)Nc1ccc2c(c1)OCO2)CCC1=CCCCC1. The van der Waals surface area contributed by atoms with Crippen LogP contribution < -0.4 is 14.8 Å². The van der Waals surface area contributed by atoms with Gasteiger partial charge in [-0.1, -0.05) is 11.6 Å². The molecular weight excluding hydrogens is 332 g/mol. The highest BCUT2D eigenvalue weighted by molar-refractivity contribution is 5.91. The first-order chi connectivity index (χ1) is 12.6. The molecule has 6 nitrogen and oxygen atoms in total. The van der Waals surface area contributed by atoms with Crippen LogP contribution in [0.25, 0.3) is 0 Å². The molecule has 140 valence electrons. The van der Waals surface area contributed by atoms with Gasteiger partial charge in [-0.2, -0.15) is 0 Å². The van der Waals surface area contributed by atoms with Gasteiger partial charge >= 0.3 is 0 Å². The number of hydrogen-bond donors (Lipinski definition) is 1. The number of carbonyl (C=O) groups is 2. The number of ether oxygens (including phenoxy) is 2. The lowest BCUT2D eigenvalue weighted by Gasteiger charge is -2.22. The highest BCUT2D eigenvalue weighted by atomic mass is 16.7. The van der Waals surface area contributed by atoms with Gasteiger partial charge in [0.15, 0.2) is 11.5 Å². The van der Waals surface area contributed by atoms with E-state index in [2.05, 4.69) is 11.4 Å². The summed E-state index contributed by atoms with van der Waals surface area (Å²) in [6.07, 6.45) is 8.26. The zero-order valence-corrected chi connectivity index (χ0v) is 15.3. The Morgan fingerprint density at radius 3 is 2.77 bits per heavy atom. The van der Waals surface area contributed by atoms with Gasteiger partial charge in [0, 0.05) is 38.2 Å². The summed E-state index contributed by atoms with van der Waals surface area (Å²) in [4.78, 5) is 25.8. The Kier molecular flexibility index (Phi) is 6.15. The van der Waals surface area contributed by atoms with Crippen molar-refractivity contribution < 1.29 is 19.1 Å². The Balaban J connectivity index is 1.46. The largest absolute Gasteiger partial charge is 0.454 e. The third-order valence-corrected chi connectivity index (χ3v) is 4.80. The van der Waals surface area contributed by atoms with Gasteiger partial charge < -0.3 is 19.7 Å². The summed E-state index contributed by atoms with van der Waals surface area (Å²) < 4.78 is 10.6. The van der Waals surface area contributed by atoms with Crippen molar-refractivity contribution in [1.82, 2.24) is 4.90 Å². The minimum absolute atomic E-state index is 0.0114. The topological polar surface area (TPSA) is 67.9 Å². The normalized spacial score (nSPS) is 15.3. The Bertz CT molecular complexity index is 699. The molecule has 0 spiro atoms. The fraction of sp³-hybridized carbons (Fsp3) is 0.500. The van der Waals surface area contributed by atoms with Crippen molar-refractivity contribution >= 4 is 17.5 Å². The molecule has 0 saturated heterocycles. The summed E-state index contributed by atoms with van der Waals surface area (Å²) in [7, 11) is 0. The number of carbonyl (C=O) groups excluding carboxylic acids is 2. The molecule has 0 unspecified atom stereocenters. The van der Waals surface area contributed by atoms with Gasteiger partial charge in [-0.15, -0.1) is 0 Å². The van der Waals surface area contributed by atoms with E-state index in [-0.39, 0.29) is 25.0 Å². The number of allylic oxidation sites excluding steroid dienone is 1. The van der Waals surface area contributed by atoms with Crippen LogP contribution in [0.3, 0.4) is 0 Å². The van der Waals surface area contributed by atoms with E-state index in [1.165, 1.54) is 18.4 Å². The van der Waals surface area contributed by atoms with Crippen LogP contribution in [0.2, 0.25) is 0 Å². The zero-order valence-electron chi connectivity index (χ0n) is 15.3. The number of nitrogens with one attached hydrogen (secondary N) is 1. The molecule has 3 rings (SSSR count). The Morgan fingerprint density at radius 1 is 1.15 bits per heavy atom. The van der Waals surface area contributed by atoms with Crippen molar-refractivity contribution in [3.05, 3.63) is 29.8 Å². The molecule has 0 saturated carbocycles. The first-order valence-corrected chi connectivity index (χ1v) is 9.25. The molecule has 1 aliphatic carbocycles. The number of nitrogens with zero attached hydrogens (tertiary/aromatic N) is 1. The number of rotatable bonds is 7. The van der Waals surface area contributed by atoms with Crippen LogP contribution in [0.1, 0.15) is 45.4 Å². The summed E-state index contributed by atoms with van der Waals surface area (Å²) >= 11 is 0. The fourth-order valence-corrected chi connectivity index (χ4v) is 3.27. The van der Waals surface area contributed by atoms with E-state index in [1.807, 2.05) is 0 Å². The van der Waals surface area contributed by atoms with Crippen molar-refractivity contribution in [2.45, 2.75) is 45.4 Å². The predicted molar refractivity (Wildman–Crippen MR) is 99.2 cm³/mol. The number of hydrogen-bond acceptors (Lipinski definition) is 4. The molecule has 0 radical (unpaired) electrons. The molecule has 1 heterocycles. The van der Waals surface area contributed by atoms with Crippen LogP contribution in [0, 0.1) is 0 Å². The van der Waals surface area contributed by atoms with E-state index < -0.39 is 0 Å². The molecule has 2 amide bonds. The van der Waals surface area contributed by atoms with E-state index in [4.69, 9.17) is 9.47 Å². The first-order valence-electron chi connectivity index (χ1n) is 9.25. The maximum absolute atomic E-state index is 12.2. The van der Waals surface area contributed by atoms with E-state index >= 15 is 0 Å². The highest BCUT2D eigenvalue weighted by Crippen LogP contribution is 2.34. The molecule has 1 N–H and O–H groups in total. The van der Waals surface area contributed by atoms with Gasteiger partial charge in [0.05, 0.1) is 0 Å². The Morgan fingerprint density at radius 2 is 2.00 bits per heavy atom. The van der Waals surface area contributed by atoms with E-state index in [9.17, 15) is 9.59 Å². The molecule has 1 aromatic carbocycles. The standard InChI is InChI=1S/C20H26N2O4/c1-15(23)22(11-9-16-5-3-2-4-6-16)12-10-20(24)21-17-7-8-18-19(13-17)26-14-25-18/h5,7-8,13H,2-4,6,9-12,14H2,1H3,(H,21,24). The second-order valence-corrected chi connectivity index (χ2v) is 6.73. The molecule has 0 atom stereocenters. The molecule has 1 aliphatic heterocycles. The molecule has 0 fully saturated rings. The fourth-order valence-electron chi connectivity index (χ4n) is 3.27. The zero-order chi connectivity index (χ0) is 18.4. The van der Waals surface area contributed by atoms with Crippen molar-refractivity contribution in [3.63, 3.8) is 0 Å². The van der Waals surface area contributed by atoms with Crippen LogP contribution in [-0.4, -0.2) is 36.6 Å². The van der Waals surface area contributed by atoms with Crippen LogP contribution in [0.5, 0.6) is 11.5 Å². The quantitative estimate of drug-likeness (QED) is 0.758. The average Bonchev–Trinajstić information content (AvgIpc) is 3.10. The molecule has 26 heavy (non-hydrogen) atoms. The van der Waals surface area contributed by atoms with Gasteiger partial charge in [-0.3, -0.25) is 9.59 Å². The maximum atomic E-state index is 12.2. The highest BCUT2D eigenvalue weighted by Gasteiger charge is 2.16. The first kappa shape index (κ1) is 18.3. The third kappa shape index (κ3) is 5.00. The van der Waals surface area contributed by atoms with Crippen molar-refractivity contribution in [3.8, 4) is 11.5 Å². The lowest BCUT2D eigenvalue weighted by molar-refractivity contribution is -0.129. The van der Waals surface area contributed by atoms with Crippen LogP contribution in [0.4, 0.5) is 5.69 Å². The lowest BCUT2D eigenvalue weighted by Crippen LogP contribution is -2.33. The molecule has 0 aromatic heterocycles. The molecule has 0 bridgehead atoms. The van der Waals surface area contributed by atoms with Gasteiger partial charge in [-0.05, 0) is 44.2 Å². The van der Waals surface area contributed by atoms with Crippen molar-refractivity contribution in [1.29, 1.82) is 0 Å².